The summed E-state index contributed by atoms with van der Waals surface area (Å²) in [6.45, 7) is 3.39. The zero-order valence-corrected chi connectivity index (χ0v) is 15.2. The lowest BCUT2D eigenvalue weighted by molar-refractivity contribution is -0.144. The summed E-state index contributed by atoms with van der Waals surface area (Å²) in [6, 6.07) is 1.82. The van der Waals surface area contributed by atoms with Gasteiger partial charge in [0, 0.05) is 37.3 Å². The van der Waals surface area contributed by atoms with E-state index in [9.17, 15) is 4.79 Å². The zero-order valence-electron chi connectivity index (χ0n) is 12.0. The van der Waals surface area contributed by atoms with Crippen molar-refractivity contribution in [3.63, 3.8) is 0 Å². The number of carbonyl (C=O) groups is 1. The SMILES string of the molecule is O=C(C1CN(c2ncc(Cl)cc2Br)CCO1)N1CCSCC1. The zero-order chi connectivity index (χ0) is 15.5. The molecular weight excluding hydrogens is 390 g/mol. The molecule has 8 heteroatoms. The number of hydrogen-bond acceptors (Lipinski definition) is 5. The van der Waals surface area contributed by atoms with E-state index in [0.717, 1.165) is 34.9 Å². The van der Waals surface area contributed by atoms with E-state index in [4.69, 9.17) is 16.3 Å². The smallest absolute Gasteiger partial charge is 0.253 e. The topological polar surface area (TPSA) is 45.7 Å². The molecule has 3 rings (SSSR count). The van der Waals surface area contributed by atoms with Crippen molar-refractivity contribution in [2.45, 2.75) is 6.10 Å². The predicted octanol–water partition coefficient (Wildman–Crippen LogP) is 2.28. The van der Waals surface area contributed by atoms with Crippen LogP contribution >= 0.6 is 39.3 Å². The molecule has 0 spiro atoms. The third-order valence-electron chi connectivity index (χ3n) is 3.75. The lowest BCUT2D eigenvalue weighted by atomic mass is 10.2. The van der Waals surface area contributed by atoms with Gasteiger partial charge in [0.2, 0.25) is 0 Å². The summed E-state index contributed by atoms with van der Waals surface area (Å²) in [5.74, 6) is 2.91. The van der Waals surface area contributed by atoms with E-state index in [1.165, 1.54) is 0 Å². The highest BCUT2D eigenvalue weighted by Crippen LogP contribution is 2.28. The van der Waals surface area contributed by atoms with Crippen LogP contribution in [0.3, 0.4) is 0 Å². The maximum Gasteiger partial charge on any atom is 0.253 e. The highest BCUT2D eigenvalue weighted by molar-refractivity contribution is 9.10. The molecule has 0 aromatic carbocycles. The van der Waals surface area contributed by atoms with Crippen LogP contribution in [0.5, 0.6) is 0 Å². The van der Waals surface area contributed by atoms with Gasteiger partial charge in [-0.3, -0.25) is 4.79 Å². The molecule has 5 nitrogen and oxygen atoms in total. The Morgan fingerprint density at radius 1 is 1.41 bits per heavy atom. The fraction of sp³-hybridized carbons (Fsp3) is 0.571. The molecule has 3 heterocycles. The third-order valence-corrected chi connectivity index (χ3v) is 5.49. The highest BCUT2D eigenvalue weighted by Gasteiger charge is 2.32. The van der Waals surface area contributed by atoms with Crippen molar-refractivity contribution in [1.29, 1.82) is 0 Å². The number of ether oxygens (including phenoxy) is 1. The van der Waals surface area contributed by atoms with Gasteiger partial charge in [-0.15, -0.1) is 0 Å². The number of carbonyl (C=O) groups excluding carboxylic acids is 1. The minimum atomic E-state index is -0.416. The second kappa shape index (κ2) is 7.38. The molecule has 2 aliphatic heterocycles. The predicted molar refractivity (Wildman–Crippen MR) is 92.8 cm³/mol. The summed E-state index contributed by atoms with van der Waals surface area (Å²) >= 11 is 11.3. The van der Waals surface area contributed by atoms with Crippen molar-refractivity contribution in [1.82, 2.24) is 9.88 Å². The number of nitrogens with zero attached hydrogens (tertiary/aromatic N) is 3. The molecule has 2 fully saturated rings. The van der Waals surface area contributed by atoms with Crippen LogP contribution < -0.4 is 4.90 Å². The minimum Gasteiger partial charge on any atom is -0.365 e. The molecule has 1 unspecified atom stereocenters. The summed E-state index contributed by atoms with van der Waals surface area (Å²) < 4.78 is 6.54. The summed E-state index contributed by atoms with van der Waals surface area (Å²) in [7, 11) is 0. The molecule has 2 saturated heterocycles. The van der Waals surface area contributed by atoms with Gasteiger partial charge in [-0.1, -0.05) is 11.6 Å². The Balaban J connectivity index is 1.69. The Bertz CT molecular complexity index is 557. The van der Waals surface area contributed by atoms with Crippen molar-refractivity contribution in [3.8, 4) is 0 Å². The first-order valence-corrected chi connectivity index (χ1v) is 9.52. The summed E-state index contributed by atoms with van der Waals surface area (Å²) in [5.41, 5.74) is 0. The van der Waals surface area contributed by atoms with E-state index in [-0.39, 0.29) is 5.91 Å². The van der Waals surface area contributed by atoms with E-state index < -0.39 is 6.10 Å². The number of morpholine rings is 1. The first-order valence-electron chi connectivity index (χ1n) is 7.19. The van der Waals surface area contributed by atoms with E-state index in [0.29, 0.717) is 24.7 Å². The van der Waals surface area contributed by atoms with Crippen LogP contribution in [-0.2, 0) is 9.53 Å². The summed E-state index contributed by atoms with van der Waals surface area (Å²) in [4.78, 5) is 20.9. The number of hydrogen-bond donors (Lipinski definition) is 0. The lowest BCUT2D eigenvalue weighted by Gasteiger charge is -2.36. The fourth-order valence-electron chi connectivity index (χ4n) is 2.62. The fourth-order valence-corrected chi connectivity index (χ4v) is 4.41. The lowest BCUT2D eigenvalue weighted by Crippen LogP contribution is -2.52. The van der Waals surface area contributed by atoms with E-state index in [2.05, 4.69) is 25.8 Å². The Morgan fingerprint density at radius 3 is 2.91 bits per heavy atom. The number of rotatable bonds is 2. The maximum atomic E-state index is 12.6. The van der Waals surface area contributed by atoms with Crippen LogP contribution in [0.4, 0.5) is 5.82 Å². The van der Waals surface area contributed by atoms with Crippen molar-refractivity contribution >= 4 is 51.0 Å². The first-order chi connectivity index (χ1) is 10.6. The monoisotopic (exact) mass is 405 g/mol. The second-order valence-electron chi connectivity index (χ2n) is 5.20. The van der Waals surface area contributed by atoms with Crippen molar-refractivity contribution in [2.24, 2.45) is 0 Å². The van der Waals surface area contributed by atoms with E-state index >= 15 is 0 Å². The molecule has 0 radical (unpaired) electrons. The number of thioether (sulfide) groups is 1. The molecule has 22 heavy (non-hydrogen) atoms. The highest BCUT2D eigenvalue weighted by atomic mass is 79.9. The van der Waals surface area contributed by atoms with E-state index in [1.807, 2.05) is 22.7 Å². The standard InChI is InChI=1S/C14H17BrClN3O2S/c15-11-7-10(16)8-17-13(11)19-1-4-21-12(9-19)14(20)18-2-5-22-6-3-18/h7-8,12H,1-6,9H2. The van der Waals surface area contributed by atoms with Crippen LogP contribution in [0.2, 0.25) is 5.02 Å². The molecule has 120 valence electrons. The molecule has 1 atom stereocenters. The Kier molecular flexibility index (Phi) is 5.49. The average Bonchev–Trinajstić information content (AvgIpc) is 2.55. The number of amides is 1. The Hall–Kier alpha value is -0.500. The van der Waals surface area contributed by atoms with Gasteiger partial charge in [0.15, 0.2) is 6.10 Å². The average molecular weight is 407 g/mol. The molecule has 0 saturated carbocycles. The van der Waals surface area contributed by atoms with Gasteiger partial charge in [-0.2, -0.15) is 11.8 Å². The number of halogens is 2. The number of aromatic nitrogens is 1. The molecule has 1 aromatic rings. The molecule has 0 aliphatic carbocycles. The van der Waals surface area contributed by atoms with Crippen LogP contribution in [0.25, 0.3) is 0 Å². The summed E-state index contributed by atoms with van der Waals surface area (Å²) in [5, 5.41) is 0.585. The van der Waals surface area contributed by atoms with Gasteiger partial charge in [-0.25, -0.2) is 4.98 Å². The first kappa shape index (κ1) is 16.4. The van der Waals surface area contributed by atoms with Gasteiger partial charge in [0.05, 0.1) is 22.6 Å². The largest absolute Gasteiger partial charge is 0.365 e. The number of pyridine rings is 1. The van der Waals surface area contributed by atoms with Gasteiger partial charge in [-0.05, 0) is 22.0 Å². The molecule has 1 amide bonds. The molecule has 1 aromatic heterocycles. The molecule has 0 bridgehead atoms. The van der Waals surface area contributed by atoms with Crippen LogP contribution in [0.1, 0.15) is 0 Å². The van der Waals surface area contributed by atoms with Crippen LogP contribution in [0, 0.1) is 0 Å². The van der Waals surface area contributed by atoms with Gasteiger partial charge < -0.3 is 14.5 Å². The molecule has 2 aliphatic rings. The normalized spacial score (nSPS) is 22.7. The van der Waals surface area contributed by atoms with Crippen molar-refractivity contribution in [3.05, 3.63) is 21.8 Å². The van der Waals surface area contributed by atoms with Crippen LogP contribution in [-0.4, -0.2) is 66.2 Å². The number of anilines is 1. The Morgan fingerprint density at radius 2 is 2.18 bits per heavy atom. The third kappa shape index (κ3) is 3.69. The van der Waals surface area contributed by atoms with E-state index in [1.54, 1.807) is 6.20 Å². The van der Waals surface area contributed by atoms with Gasteiger partial charge in [0.25, 0.3) is 5.91 Å². The minimum absolute atomic E-state index is 0.0927. The Labute approximate surface area is 147 Å². The van der Waals surface area contributed by atoms with Gasteiger partial charge in [0.1, 0.15) is 5.82 Å². The molecule has 0 N–H and O–H groups in total. The second-order valence-corrected chi connectivity index (χ2v) is 7.72. The quantitative estimate of drug-likeness (QED) is 0.754. The maximum absolute atomic E-state index is 12.6. The van der Waals surface area contributed by atoms with Crippen molar-refractivity contribution in [2.75, 3.05) is 49.2 Å². The van der Waals surface area contributed by atoms with Crippen LogP contribution in [0.15, 0.2) is 16.7 Å². The summed E-state index contributed by atoms with van der Waals surface area (Å²) in [6.07, 6.45) is 1.21. The molecular formula is C14H17BrClN3O2S. The van der Waals surface area contributed by atoms with Crippen molar-refractivity contribution < 1.29 is 9.53 Å². The van der Waals surface area contributed by atoms with Gasteiger partial charge >= 0.3 is 0 Å².